The molecule has 0 N–H and O–H groups in total. The largest absolute Gasteiger partial charge is 3.00 e. The van der Waals surface area contributed by atoms with Gasteiger partial charge in [0.05, 0.1) is 0 Å². The fourth-order valence-corrected chi connectivity index (χ4v) is 0. The third-order valence-corrected chi connectivity index (χ3v) is 0. The maximum atomic E-state index is 8.55. The second kappa shape index (κ2) is 8.83. The third-order valence-electron chi connectivity index (χ3n) is 0. The minimum Gasteiger partial charge on any atom is -1.00 e. The predicted octanol–water partition coefficient (Wildman–Crippen LogP) is -8.82. The van der Waals surface area contributed by atoms with E-state index in [-0.39, 0.29) is 59.2 Å². The van der Waals surface area contributed by atoms with Crippen LogP contribution in [0.1, 0.15) is 0 Å². The molecule has 0 unspecified atom stereocenters. The van der Waals surface area contributed by atoms with E-state index in [1.807, 2.05) is 0 Å². The van der Waals surface area contributed by atoms with Crippen molar-refractivity contribution in [1.82, 2.24) is 0 Å². The molecule has 4 nitrogen and oxygen atoms in total. The van der Waals surface area contributed by atoms with Crippen molar-refractivity contribution in [3.05, 3.63) is 0 Å². The number of hydrogen-bond donors (Lipinski definition) is 0. The molecular weight excluding hydrogens is 260 g/mol. The first-order valence-electron chi connectivity index (χ1n) is 0.730. The van der Waals surface area contributed by atoms with E-state index in [1.54, 1.807) is 0 Å². The van der Waals surface area contributed by atoms with Crippen LogP contribution in [-0.4, -0.2) is 0 Å². The standard InChI is InChI=1S/FH.La.Li.H3O4P/c;;;1-5(2,3)4/h1H;;;(H3,1,2,3,4)/q;+3;+1;/p-4. The summed E-state index contributed by atoms with van der Waals surface area (Å²) in [5.74, 6) is 0. The van der Waals surface area contributed by atoms with Gasteiger partial charge < -0.3 is 23.9 Å². The number of hydrogen-bond acceptors (Lipinski definition) is 4. The van der Waals surface area contributed by atoms with Crippen LogP contribution in [0.2, 0.25) is 0 Å². The van der Waals surface area contributed by atoms with Gasteiger partial charge in [0.2, 0.25) is 0 Å². The number of halogens is 1. The van der Waals surface area contributed by atoms with E-state index in [9.17, 15) is 0 Å². The zero-order valence-corrected chi connectivity index (χ0v) is 8.56. The van der Waals surface area contributed by atoms with Crippen LogP contribution in [0.5, 0.6) is 0 Å². The molecule has 0 aliphatic carbocycles. The van der Waals surface area contributed by atoms with E-state index in [2.05, 4.69) is 0 Å². The summed E-state index contributed by atoms with van der Waals surface area (Å²) in [6.07, 6.45) is 0. The predicted molar refractivity (Wildman–Crippen MR) is 7.61 cm³/mol. The van der Waals surface area contributed by atoms with E-state index < -0.39 is 7.82 Å². The maximum Gasteiger partial charge on any atom is 3.00 e. The molecule has 0 aromatic rings. The van der Waals surface area contributed by atoms with Gasteiger partial charge in [-0.2, -0.15) is 7.82 Å². The number of rotatable bonds is 0. The molecule has 8 heavy (non-hydrogen) atoms. The Bertz CT molecular complexity index is 62.2. The molecule has 0 atom stereocenters. The Labute approximate surface area is 85.4 Å². The van der Waals surface area contributed by atoms with Gasteiger partial charge in [0.25, 0.3) is 0 Å². The van der Waals surface area contributed by atoms with Crippen molar-refractivity contribution in [3.63, 3.8) is 0 Å². The molecule has 0 aliphatic rings. The van der Waals surface area contributed by atoms with Gasteiger partial charge >= 0.3 is 54.5 Å². The Morgan fingerprint density at radius 2 is 1.12 bits per heavy atom. The Kier molecular flexibility index (Phi) is 24.9. The van der Waals surface area contributed by atoms with Crippen LogP contribution < -0.4 is 38.2 Å². The Morgan fingerprint density at radius 1 is 1.12 bits per heavy atom. The molecule has 0 aromatic carbocycles. The number of phosphoric acid groups is 1. The van der Waals surface area contributed by atoms with Gasteiger partial charge in [-0.05, 0) is 0 Å². The summed E-state index contributed by atoms with van der Waals surface area (Å²) in [4.78, 5) is 25.6. The SMILES string of the molecule is O=P([O-])([O-])[O-].[F-].[La+3].[Li+]. The molecule has 0 saturated carbocycles. The quantitative estimate of drug-likeness (QED) is 0.319. The minimum absolute atomic E-state index is 0. The first-order valence-corrected chi connectivity index (χ1v) is 2.19. The Hall–Kier alpha value is 1.83. The minimum atomic E-state index is -5.39. The zero-order valence-electron chi connectivity index (χ0n) is 4.04. The van der Waals surface area contributed by atoms with Crippen LogP contribution in [0.3, 0.4) is 0 Å². The zero-order chi connectivity index (χ0) is 4.50. The fraction of sp³-hybridized carbons (Fsp3) is 0. The van der Waals surface area contributed by atoms with Gasteiger partial charge in [-0.3, -0.25) is 0 Å². The summed E-state index contributed by atoms with van der Waals surface area (Å²) in [6, 6.07) is 0. The van der Waals surface area contributed by atoms with Crippen molar-refractivity contribution >= 4 is 7.82 Å². The van der Waals surface area contributed by atoms with E-state index in [1.165, 1.54) is 0 Å². The molecule has 8 heteroatoms. The normalized spacial score (nSPS) is 7.38. The summed E-state index contributed by atoms with van der Waals surface area (Å²) in [7, 11) is -5.39. The molecule has 0 saturated heterocycles. The van der Waals surface area contributed by atoms with Gasteiger partial charge in [-0.1, -0.05) is 0 Å². The maximum absolute atomic E-state index is 8.55. The van der Waals surface area contributed by atoms with Crippen molar-refractivity contribution in [2.75, 3.05) is 0 Å². The average Bonchev–Trinajstić information content (AvgIpc) is 0.722. The van der Waals surface area contributed by atoms with Gasteiger partial charge in [-0.15, -0.1) is 0 Å². The summed E-state index contributed by atoms with van der Waals surface area (Å²) in [6.45, 7) is 0. The first-order chi connectivity index (χ1) is 2.00. The Balaban J connectivity index is -0.0000000267. The molecular formula is FLaLiO4P. The van der Waals surface area contributed by atoms with E-state index in [0.29, 0.717) is 0 Å². The average molecular weight is 260 g/mol. The first kappa shape index (κ1) is 22.5. The van der Waals surface area contributed by atoms with E-state index >= 15 is 0 Å². The molecule has 0 aliphatic heterocycles. The summed E-state index contributed by atoms with van der Waals surface area (Å²) in [5, 5.41) is 0. The van der Waals surface area contributed by atoms with Crippen LogP contribution in [-0.2, 0) is 4.57 Å². The Morgan fingerprint density at radius 3 is 1.12 bits per heavy atom. The van der Waals surface area contributed by atoms with Crippen molar-refractivity contribution < 1.29 is 78.4 Å². The summed E-state index contributed by atoms with van der Waals surface area (Å²) in [5.41, 5.74) is 0. The molecule has 0 bridgehead atoms. The summed E-state index contributed by atoms with van der Waals surface area (Å²) >= 11 is 0. The topological polar surface area (TPSA) is 86.2 Å². The molecule has 0 fully saturated rings. The van der Waals surface area contributed by atoms with Crippen molar-refractivity contribution in [1.29, 1.82) is 0 Å². The molecule has 0 amide bonds. The van der Waals surface area contributed by atoms with Crippen molar-refractivity contribution in [2.24, 2.45) is 0 Å². The molecule has 0 spiro atoms. The van der Waals surface area contributed by atoms with Crippen LogP contribution >= 0.6 is 7.82 Å². The van der Waals surface area contributed by atoms with Crippen molar-refractivity contribution in [3.8, 4) is 0 Å². The van der Waals surface area contributed by atoms with Crippen LogP contribution in [0.15, 0.2) is 0 Å². The van der Waals surface area contributed by atoms with Crippen LogP contribution in [0.4, 0.5) is 0 Å². The second-order valence-corrected chi connectivity index (χ2v) is 1.34. The van der Waals surface area contributed by atoms with Gasteiger partial charge in [0, 0.05) is 0 Å². The molecule has 40 valence electrons. The van der Waals surface area contributed by atoms with Gasteiger partial charge in [0.1, 0.15) is 0 Å². The van der Waals surface area contributed by atoms with Gasteiger partial charge in [-0.25, -0.2) is 0 Å². The molecule has 0 rings (SSSR count). The van der Waals surface area contributed by atoms with Crippen molar-refractivity contribution in [2.45, 2.75) is 0 Å². The van der Waals surface area contributed by atoms with E-state index in [4.69, 9.17) is 19.2 Å². The van der Waals surface area contributed by atoms with Crippen LogP contribution in [0.25, 0.3) is 0 Å². The second-order valence-electron chi connectivity index (χ2n) is 0.447. The fourth-order valence-electron chi connectivity index (χ4n) is 0. The molecule has 0 radical (unpaired) electrons. The summed E-state index contributed by atoms with van der Waals surface area (Å²) < 4.78 is 8.55. The van der Waals surface area contributed by atoms with Crippen LogP contribution in [0, 0.1) is 35.6 Å². The smallest absolute Gasteiger partial charge is 1.00 e. The van der Waals surface area contributed by atoms with E-state index in [0.717, 1.165) is 0 Å². The third kappa shape index (κ3) is 109. The molecule has 0 heterocycles. The molecule has 0 aromatic heterocycles. The monoisotopic (exact) mass is 260 g/mol. The van der Waals surface area contributed by atoms with Gasteiger partial charge in [0.15, 0.2) is 0 Å².